The van der Waals surface area contributed by atoms with E-state index in [1.807, 2.05) is 12.1 Å². The lowest BCUT2D eigenvalue weighted by atomic mass is 10.0. The van der Waals surface area contributed by atoms with E-state index in [0.29, 0.717) is 19.5 Å². The van der Waals surface area contributed by atoms with Crippen molar-refractivity contribution in [2.24, 2.45) is 0 Å². The van der Waals surface area contributed by atoms with Crippen molar-refractivity contribution in [2.45, 2.75) is 19.3 Å². The molecule has 1 aromatic rings. The van der Waals surface area contributed by atoms with Gasteiger partial charge in [-0.3, -0.25) is 10.1 Å². The highest BCUT2D eigenvalue weighted by Gasteiger charge is 2.12. The van der Waals surface area contributed by atoms with Crippen LogP contribution in [-0.2, 0) is 17.6 Å². The molecule has 1 aliphatic rings. The summed E-state index contributed by atoms with van der Waals surface area (Å²) < 4.78 is 5.45. The number of carbonyl (C=O) groups excluding carboxylic acids is 1. The monoisotopic (exact) mass is 243 g/mol. The third-order valence-corrected chi connectivity index (χ3v) is 3.00. The first-order valence-corrected chi connectivity index (χ1v) is 6.20. The lowest BCUT2D eigenvalue weighted by Crippen LogP contribution is -2.23. The molecule has 2 rings (SSSR count). The van der Waals surface area contributed by atoms with Gasteiger partial charge in [-0.05, 0) is 23.6 Å². The summed E-state index contributed by atoms with van der Waals surface area (Å²) in [6.07, 6.45) is 7.40. The lowest BCUT2D eigenvalue weighted by Gasteiger charge is -2.04. The molecule has 0 saturated heterocycles. The summed E-state index contributed by atoms with van der Waals surface area (Å²) in [6, 6.07) is 6.18. The van der Waals surface area contributed by atoms with Crippen molar-refractivity contribution in [1.82, 2.24) is 5.32 Å². The predicted molar refractivity (Wildman–Crippen MR) is 70.7 cm³/mol. The van der Waals surface area contributed by atoms with Gasteiger partial charge in [0.05, 0.1) is 19.7 Å². The summed E-state index contributed by atoms with van der Waals surface area (Å²) in [7, 11) is 0. The van der Waals surface area contributed by atoms with Crippen LogP contribution < -0.4 is 10.1 Å². The zero-order valence-corrected chi connectivity index (χ0v) is 10.4. The molecule has 0 bridgehead atoms. The zero-order valence-electron chi connectivity index (χ0n) is 10.4. The van der Waals surface area contributed by atoms with Gasteiger partial charge in [0, 0.05) is 12.8 Å². The summed E-state index contributed by atoms with van der Waals surface area (Å²) in [5, 5.41) is 2.91. The molecule has 1 N–H and O–H groups in total. The van der Waals surface area contributed by atoms with Crippen LogP contribution in [-0.4, -0.2) is 25.5 Å². The fourth-order valence-corrected chi connectivity index (χ4v) is 2.04. The van der Waals surface area contributed by atoms with E-state index in [-0.39, 0.29) is 5.78 Å². The molecule has 0 amide bonds. The molecule has 1 aromatic carbocycles. The molecule has 0 saturated carbocycles. The number of hydrogen-bond acceptors (Lipinski definition) is 3. The van der Waals surface area contributed by atoms with Crippen molar-refractivity contribution in [3.63, 3.8) is 0 Å². The van der Waals surface area contributed by atoms with Gasteiger partial charge in [-0.2, -0.15) is 0 Å². The predicted octanol–water partition coefficient (Wildman–Crippen LogP) is 1.35. The van der Waals surface area contributed by atoms with E-state index >= 15 is 0 Å². The van der Waals surface area contributed by atoms with Crippen molar-refractivity contribution in [3.8, 4) is 18.1 Å². The number of nitrogens with one attached hydrogen (secondary N) is 1. The summed E-state index contributed by atoms with van der Waals surface area (Å²) in [5.41, 5.74) is 2.45. The minimum absolute atomic E-state index is 0.196. The first kappa shape index (κ1) is 12.7. The second-order valence-electron chi connectivity index (χ2n) is 4.39. The van der Waals surface area contributed by atoms with Crippen LogP contribution in [0.5, 0.6) is 5.75 Å². The van der Waals surface area contributed by atoms with Crippen molar-refractivity contribution in [2.75, 3.05) is 19.7 Å². The van der Waals surface area contributed by atoms with Gasteiger partial charge in [-0.1, -0.05) is 18.1 Å². The van der Waals surface area contributed by atoms with Crippen molar-refractivity contribution in [1.29, 1.82) is 0 Å². The average molecular weight is 243 g/mol. The fraction of sp³-hybridized carbons (Fsp3) is 0.400. The van der Waals surface area contributed by atoms with E-state index < -0.39 is 0 Å². The number of Topliss-reactive ketones (excluding diaryl/α,β-unsaturated/α-hetero) is 1. The molecule has 1 aliphatic heterocycles. The number of terminal acetylenes is 1. The molecule has 0 fully saturated rings. The molecular weight excluding hydrogens is 226 g/mol. The van der Waals surface area contributed by atoms with Crippen LogP contribution in [0.1, 0.15) is 17.5 Å². The van der Waals surface area contributed by atoms with E-state index in [0.717, 1.165) is 25.2 Å². The van der Waals surface area contributed by atoms with E-state index in [9.17, 15) is 4.79 Å². The first-order chi connectivity index (χ1) is 8.79. The minimum atomic E-state index is 0.196. The summed E-state index contributed by atoms with van der Waals surface area (Å²) >= 11 is 0. The molecule has 0 aliphatic carbocycles. The van der Waals surface area contributed by atoms with Crippen molar-refractivity contribution < 1.29 is 9.53 Å². The maximum absolute atomic E-state index is 11.6. The number of fused-ring (bicyclic) bond motifs is 1. The molecule has 18 heavy (non-hydrogen) atoms. The van der Waals surface area contributed by atoms with Crippen LogP contribution in [0.4, 0.5) is 0 Å². The Bertz CT molecular complexity index is 474. The van der Waals surface area contributed by atoms with Gasteiger partial charge in [0.2, 0.25) is 0 Å². The Labute approximate surface area is 108 Å². The standard InChI is InChI=1S/C15H17NO2/c1-2-8-16-11-14(17)5-3-12-4-6-15-13(10-12)7-9-18-15/h1,4,6,10,16H,3,5,7-9,11H2. The summed E-state index contributed by atoms with van der Waals surface area (Å²) in [4.78, 5) is 11.6. The van der Waals surface area contributed by atoms with Crippen molar-refractivity contribution >= 4 is 5.78 Å². The third kappa shape index (κ3) is 3.35. The molecule has 0 spiro atoms. The number of ketones is 1. The Hall–Kier alpha value is -1.79. The van der Waals surface area contributed by atoms with Gasteiger partial charge in [-0.25, -0.2) is 0 Å². The second kappa shape index (κ2) is 6.23. The smallest absolute Gasteiger partial charge is 0.146 e. The Morgan fingerprint density at radius 3 is 3.22 bits per heavy atom. The number of hydrogen-bond donors (Lipinski definition) is 1. The van der Waals surface area contributed by atoms with Gasteiger partial charge < -0.3 is 4.74 Å². The minimum Gasteiger partial charge on any atom is -0.493 e. The highest BCUT2D eigenvalue weighted by atomic mass is 16.5. The Balaban J connectivity index is 1.80. The van der Waals surface area contributed by atoms with Gasteiger partial charge in [0.1, 0.15) is 11.5 Å². The molecule has 94 valence electrons. The molecule has 0 atom stereocenters. The van der Waals surface area contributed by atoms with Gasteiger partial charge in [0.15, 0.2) is 0 Å². The maximum Gasteiger partial charge on any atom is 0.146 e. The third-order valence-electron chi connectivity index (χ3n) is 3.00. The highest BCUT2D eigenvalue weighted by molar-refractivity contribution is 5.80. The van der Waals surface area contributed by atoms with Crippen LogP contribution in [0.25, 0.3) is 0 Å². The van der Waals surface area contributed by atoms with Gasteiger partial charge in [-0.15, -0.1) is 6.42 Å². The normalized spacial score (nSPS) is 12.6. The summed E-state index contributed by atoms with van der Waals surface area (Å²) in [6.45, 7) is 1.58. The van der Waals surface area contributed by atoms with Crippen molar-refractivity contribution in [3.05, 3.63) is 29.3 Å². The zero-order chi connectivity index (χ0) is 12.8. The quantitative estimate of drug-likeness (QED) is 0.605. The topological polar surface area (TPSA) is 38.3 Å². The number of rotatable bonds is 6. The van der Waals surface area contributed by atoms with Gasteiger partial charge >= 0.3 is 0 Å². The summed E-state index contributed by atoms with van der Waals surface area (Å²) in [5.74, 6) is 3.63. The number of aryl methyl sites for hydroxylation is 1. The Morgan fingerprint density at radius 2 is 2.39 bits per heavy atom. The highest BCUT2D eigenvalue weighted by Crippen LogP contribution is 2.26. The number of carbonyl (C=O) groups is 1. The van der Waals surface area contributed by atoms with E-state index in [4.69, 9.17) is 11.2 Å². The maximum atomic E-state index is 11.6. The molecule has 0 aromatic heterocycles. The number of benzene rings is 1. The Morgan fingerprint density at radius 1 is 1.50 bits per heavy atom. The largest absolute Gasteiger partial charge is 0.493 e. The second-order valence-corrected chi connectivity index (χ2v) is 4.39. The van der Waals surface area contributed by atoms with Crippen LogP contribution in [0.15, 0.2) is 18.2 Å². The van der Waals surface area contributed by atoms with E-state index in [1.165, 1.54) is 11.1 Å². The fourth-order valence-electron chi connectivity index (χ4n) is 2.04. The Kier molecular flexibility index (Phi) is 4.38. The molecule has 3 heteroatoms. The van der Waals surface area contributed by atoms with Crippen LogP contribution in [0, 0.1) is 12.3 Å². The molecular formula is C15H17NO2. The van der Waals surface area contributed by atoms with Gasteiger partial charge in [0.25, 0.3) is 0 Å². The number of ether oxygens (including phenoxy) is 1. The van der Waals surface area contributed by atoms with Crippen LogP contribution in [0.3, 0.4) is 0 Å². The molecule has 1 heterocycles. The van der Waals surface area contributed by atoms with E-state index in [1.54, 1.807) is 0 Å². The average Bonchev–Trinajstić information content (AvgIpc) is 2.84. The van der Waals surface area contributed by atoms with E-state index in [2.05, 4.69) is 17.3 Å². The van der Waals surface area contributed by atoms with Crippen LogP contribution in [0.2, 0.25) is 0 Å². The van der Waals surface area contributed by atoms with Crippen LogP contribution >= 0.6 is 0 Å². The molecule has 0 radical (unpaired) electrons. The first-order valence-electron chi connectivity index (χ1n) is 6.20. The lowest BCUT2D eigenvalue weighted by molar-refractivity contribution is -0.118. The molecule has 3 nitrogen and oxygen atoms in total. The SMILES string of the molecule is C#CCNCC(=O)CCc1ccc2c(c1)CCO2. The molecule has 0 unspecified atom stereocenters.